The zero-order chi connectivity index (χ0) is 31.7. The van der Waals surface area contributed by atoms with Gasteiger partial charge in [0.05, 0.1) is 24.4 Å². The summed E-state index contributed by atoms with van der Waals surface area (Å²) in [7, 11) is -2.74. The molecular formula is C34H52ClN2O6P. The van der Waals surface area contributed by atoms with Crippen LogP contribution in [0.1, 0.15) is 115 Å². The second kappa shape index (κ2) is 24.1. The maximum Gasteiger partial charge on any atom is 0.529 e. The standard InChI is InChI=1S/C34H52ClN2O6P/c1-3-4-5-6-7-8-9-10-11-12-13-14-15-16-17-20-25-40-28-32(42-31-24-23-30(26-36)37-27-31)29-41-44(38,39-2)43-34-22-19-18-21-33(34)35/h18-19,21-24,27,32H,3-17,20,25,28-29H2,1-2H3. The number of benzene rings is 1. The van der Waals surface area contributed by atoms with Crippen LogP contribution < -0.4 is 9.26 Å². The van der Waals surface area contributed by atoms with E-state index in [0.717, 1.165) is 12.8 Å². The molecule has 2 rings (SSSR count). The van der Waals surface area contributed by atoms with Gasteiger partial charge >= 0.3 is 7.82 Å². The molecule has 0 aliphatic rings. The van der Waals surface area contributed by atoms with Gasteiger partial charge in [-0.2, -0.15) is 5.26 Å². The predicted octanol–water partition coefficient (Wildman–Crippen LogP) is 10.5. The normalized spacial score (nSPS) is 13.2. The number of hydrogen-bond donors (Lipinski definition) is 0. The first-order valence-electron chi connectivity index (χ1n) is 16.3. The Hall–Kier alpha value is -2.14. The molecule has 0 aliphatic heterocycles. The average Bonchev–Trinajstić information content (AvgIpc) is 3.04. The van der Waals surface area contributed by atoms with Gasteiger partial charge in [-0.05, 0) is 30.7 Å². The van der Waals surface area contributed by atoms with Gasteiger partial charge in [-0.15, -0.1) is 0 Å². The van der Waals surface area contributed by atoms with Crippen molar-refractivity contribution in [3.05, 3.63) is 53.3 Å². The van der Waals surface area contributed by atoms with Crippen LogP contribution in [0.25, 0.3) is 0 Å². The van der Waals surface area contributed by atoms with Crippen molar-refractivity contribution in [2.24, 2.45) is 0 Å². The number of halogens is 1. The van der Waals surface area contributed by atoms with E-state index in [-0.39, 0.29) is 29.7 Å². The van der Waals surface area contributed by atoms with Gasteiger partial charge < -0.3 is 14.0 Å². The van der Waals surface area contributed by atoms with Crippen LogP contribution in [0.15, 0.2) is 42.6 Å². The molecule has 1 aromatic heterocycles. The minimum Gasteiger partial charge on any atom is -0.484 e. The number of phosphoric acid groups is 1. The second-order valence-electron chi connectivity index (χ2n) is 11.1. The molecule has 246 valence electrons. The summed E-state index contributed by atoms with van der Waals surface area (Å²) >= 11 is 6.14. The quantitative estimate of drug-likeness (QED) is 0.0695. The number of phosphoric ester groups is 1. The van der Waals surface area contributed by atoms with Crippen LogP contribution in [-0.2, 0) is 18.3 Å². The van der Waals surface area contributed by atoms with Gasteiger partial charge in [0, 0.05) is 13.7 Å². The van der Waals surface area contributed by atoms with Crippen LogP contribution in [0, 0.1) is 11.3 Å². The third kappa shape index (κ3) is 17.4. The Morgan fingerprint density at radius 1 is 0.841 bits per heavy atom. The van der Waals surface area contributed by atoms with E-state index in [0.29, 0.717) is 12.4 Å². The Labute approximate surface area is 270 Å². The molecule has 10 heteroatoms. The minimum atomic E-state index is -3.98. The van der Waals surface area contributed by atoms with Gasteiger partial charge in [0.1, 0.15) is 29.4 Å². The first-order chi connectivity index (χ1) is 21.5. The van der Waals surface area contributed by atoms with Gasteiger partial charge in [-0.25, -0.2) is 9.55 Å². The Morgan fingerprint density at radius 2 is 1.43 bits per heavy atom. The summed E-state index contributed by atoms with van der Waals surface area (Å²) < 4.78 is 41.1. The molecule has 0 N–H and O–H groups in total. The monoisotopic (exact) mass is 650 g/mol. The highest BCUT2D eigenvalue weighted by atomic mass is 35.5. The van der Waals surface area contributed by atoms with Crippen LogP contribution in [0.5, 0.6) is 11.5 Å². The number of unbranched alkanes of at least 4 members (excludes halogenated alkanes) is 15. The Kier molecular flexibility index (Phi) is 20.9. The van der Waals surface area contributed by atoms with Gasteiger partial charge in [0.25, 0.3) is 0 Å². The van der Waals surface area contributed by atoms with Gasteiger partial charge in [-0.1, -0.05) is 127 Å². The molecule has 0 bridgehead atoms. The molecule has 0 radical (unpaired) electrons. The summed E-state index contributed by atoms with van der Waals surface area (Å²) in [6, 6.07) is 11.8. The highest BCUT2D eigenvalue weighted by Crippen LogP contribution is 2.50. The molecular weight excluding hydrogens is 599 g/mol. The van der Waals surface area contributed by atoms with Crippen LogP contribution in [0.4, 0.5) is 0 Å². The Morgan fingerprint density at radius 3 is 1.95 bits per heavy atom. The van der Waals surface area contributed by atoms with E-state index in [2.05, 4.69) is 11.9 Å². The van der Waals surface area contributed by atoms with E-state index in [1.54, 1.807) is 36.4 Å². The number of ether oxygens (including phenoxy) is 2. The molecule has 0 spiro atoms. The third-order valence-electron chi connectivity index (χ3n) is 7.29. The lowest BCUT2D eigenvalue weighted by atomic mass is 10.0. The zero-order valence-corrected chi connectivity index (χ0v) is 28.4. The molecule has 0 fully saturated rings. The summed E-state index contributed by atoms with van der Waals surface area (Å²) in [5.74, 6) is 0.621. The van der Waals surface area contributed by atoms with Gasteiger partial charge in [0.15, 0.2) is 0 Å². The van der Waals surface area contributed by atoms with E-state index in [4.69, 9.17) is 39.9 Å². The topological polar surface area (TPSA) is 99.9 Å². The molecule has 1 aromatic carbocycles. The lowest BCUT2D eigenvalue weighted by molar-refractivity contribution is 0.0171. The van der Waals surface area contributed by atoms with Crippen LogP contribution in [0.3, 0.4) is 0 Å². The summed E-state index contributed by atoms with van der Waals surface area (Å²) in [5.41, 5.74) is 0.280. The molecule has 0 aliphatic carbocycles. The number of pyridine rings is 1. The van der Waals surface area contributed by atoms with Crippen molar-refractivity contribution in [2.75, 3.05) is 26.9 Å². The maximum absolute atomic E-state index is 13.1. The van der Waals surface area contributed by atoms with Gasteiger partial charge in [0.2, 0.25) is 0 Å². The van der Waals surface area contributed by atoms with Crippen LogP contribution in [-0.4, -0.2) is 38.0 Å². The Balaban J connectivity index is 1.64. The van der Waals surface area contributed by atoms with Crippen molar-refractivity contribution in [1.82, 2.24) is 4.98 Å². The van der Waals surface area contributed by atoms with E-state index in [1.165, 1.54) is 103 Å². The van der Waals surface area contributed by atoms with Gasteiger partial charge in [-0.3, -0.25) is 9.05 Å². The van der Waals surface area contributed by atoms with E-state index >= 15 is 0 Å². The van der Waals surface area contributed by atoms with Crippen LogP contribution in [0.2, 0.25) is 5.02 Å². The zero-order valence-electron chi connectivity index (χ0n) is 26.7. The molecule has 44 heavy (non-hydrogen) atoms. The van der Waals surface area contributed by atoms with Crippen LogP contribution >= 0.6 is 19.4 Å². The summed E-state index contributed by atoms with van der Waals surface area (Å²) in [6.07, 6.45) is 21.9. The van der Waals surface area contributed by atoms with Crippen molar-refractivity contribution < 1.29 is 27.6 Å². The smallest absolute Gasteiger partial charge is 0.484 e. The van der Waals surface area contributed by atoms with Crippen molar-refractivity contribution >= 4 is 19.4 Å². The van der Waals surface area contributed by atoms with Crippen molar-refractivity contribution in [1.29, 1.82) is 5.26 Å². The number of aromatic nitrogens is 1. The number of nitrogens with zero attached hydrogens (tertiary/aromatic N) is 2. The predicted molar refractivity (Wildman–Crippen MR) is 176 cm³/mol. The molecule has 2 unspecified atom stereocenters. The number of nitriles is 1. The summed E-state index contributed by atoms with van der Waals surface area (Å²) in [6.45, 7) is 2.93. The van der Waals surface area contributed by atoms with Crippen molar-refractivity contribution in [3.63, 3.8) is 0 Å². The molecule has 2 aromatic rings. The number of hydrogen-bond acceptors (Lipinski definition) is 8. The maximum atomic E-state index is 13.1. The van der Waals surface area contributed by atoms with Crippen molar-refractivity contribution in [2.45, 2.75) is 116 Å². The first-order valence-corrected chi connectivity index (χ1v) is 18.2. The third-order valence-corrected chi connectivity index (χ3v) is 8.93. The molecule has 0 saturated heterocycles. The fourth-order valence-corrected chi connectivity index (χ4v) is 5.93. The summed E-state index contributed by atoms with van der Waals surface area (Å²) in [5, 5.41) is 9.30. The lowest BCUT2D eigenvalue weighted by Gasteiger charge is -2.22. The molecule has 1 heterocycles. The first kappa shape index (κ1) is 38.0. The van der Waals surface area contributed by atoms with E-state index < -0.39 is 13.9 Å². The molecule has 0 amide bonds. The fraction of sp³-hybridized carbons (Fsp3) is 0.647. The molecule has 8 nitrogen and oxygen atoms in total. The van der Waals surface area contributed by atoms with E-state index in [9.17, 15) is 4.57 Å². The average molecular weight is 651 g/mol. The minimum absolute atomic E-state index is 0.130. The summed E-state index contributed by atoms with van der Waals surface area (Å²) in [4.78, 5) is 4.04. The SMILES string of the molecule is CCCCCCCCCCCCCCCCCCOCC(COP(=O)(OC)Oc1ccccc1Cl)Oc1ccc(C#N)nc1. The van der Waals surface area contributed by atoms with Crippen molar-refractivity contribution in [3.8, 4) is 17.6 Å². The fourth-order valence-electron chi connectivity index (χ4n) is 4.72. The molecule has 2 atom stereocenters. The Bertz CT molecular complexity index is 1100. The number of rotatable bonds is 27. The second-order valence-corrected chi connectivity index (χ2v) is 13.2. The lowest BCUT2D eigenvalue weighted by Crippen LogP contribution is -2.29. The van der Waals surface area contributed by atoms with E-state index in [1.807, 2.05) is 6.07 Å². The highest BCUT2D eigenvalue weighted by Gasteiger charge is 2.30. The molecule has 0 saturated carbocycles. The highest BCUT2D eigenvalue weighted by molar-refractivity contribution is 7.48. The largest absolute Gasteiger partial charge is 0.529 e. The number of para-hydroxylation sites is 1.